The van der Waals surface area contributed by atoms with E-state index in [4.69, 9.17) is 19.6 Å². The van der Waals surface area contributed by atoms with Crippen LogP contribution in [0.15, 0.2) is 93.9 Å². The molecule has 8 nitrogen and oxygen atoms in total. The van der Waals surface area contributed by atoms with Gasteiger partial charge in [-0.15, -0.1) is 0 Å². The van der Waals surface area contributed by atoms with E-state index in [0.29, 0.717) is 44.3 Å². The Labute approximate surface area is 265 Å². The van der Waals surface area contributed by atoms with Crippen molar-refractivity contribution in [1.82, 2.24) is 4.57 Å². The highest BCUT2D eigenvalue weighted by Crippen LogP contribution is 2.33. The molecule has 5 rings (SSSR count). The van der Waals surface area contributed by atoms with Crippen LogP contribution in [-0.2, 0) is 16.1 Å². The maximum absolute atomic E-state index is 14.2. The summed E-state index contributed by atoms with van der Waals surface area (Å²) in [4.78, 5) is 44.2. The Kier molecular flexibility index (Phi) is 9.78. The number of benzene rings is 3. The maximum Gasteiger partial charge on any atom is 0.338 e. The first-order valence-electron chi connectivity index (χ1n) is 15.1. The summed E-state index contributed by atoms with van der Waals surface area (Å²) in [6, 6.07) is 21.3. The normalized spacial score (nSPS) is 14.7. The molecule has 2 heterocycles. The van der Waals surface area contributed by atoms with Crippen molar-refractivity contribution in [2.75, 3.05) is 6.61 Å². The van der Waals surface area contributed by atoms with E-state index >= 15 is 0 Å². The van der Waals surface area contributed by atoms with Gasteiger partial charge in [0, 0.05) is 5.56 Å². The van der Waals surface area contributed by atoms with Crippen LogP contribution < -0.4 is 19.6 Å². The summed E-state index contributed by atoms with van der Waals surface area (Å²) in [5, 5.41) is 9.17. The summed E-state index contributed by atoms with van der Waals surface area (Å²) in [6.45, 7) is 8.48. The molecule has 0 fully saturated rings. The molecule has 1 aliphatic heterocycles. The molecule has 1 aromatic heterocycles. The third kappa shape index (κ3) is 6.83. The second-order valence-corrected chi connectivity index (χ2v) is 12.1. The molecule has 0 saturated heterocycles. The minimum atomic E-state index is -0.986. The van der Waals surface area contributed by atoms with Gasteiger partial charge in [0.15, 0.2) is 4.80 Å². The lowest BCUT2D eigenvalue weighted by atomic mass is 9.92. The Balaban J connectivity index is 1.59. The number of hydrogen-bond acceptors (Lipinski definition) is 7. The highest BCUT2D eigenvalue weighted by molar-refractivity contribution is 7.07. The summed E-state index contributed by atoms with van der Waals surface area (Å²) in [6.07, 6.45) is 3.14. The number of rotatable bonds is 11. The highest BCUT2D eigenvalue weighted by Gasteiger charge is 2.34. The number of carboxylic acids is 1. The average molecular weight is 625 g/mol. The van der Waals surface area contributed by atoms with Crippen LogP contribution in [0.3, 0.4) is 0 Å². The Morgan fingerprint density at radius 2 is 1.73 bits per heavy atom. The van der Waals surface area contributed by atoms with Gasteiger partial charge in [0.05, 0.1) is 34.0 Å². The molecule has 45 heavy (non-hydrogen) atoms. The summed E-state index contributed by atoms with van der Waals surface area (Å²) in [5.74, 6) is -0.541. The lowest BCUT2D eigenvalue weighted by Crippen LogP contribution is -2.40. The number of esters is 1. The van der Waals surface area contributed by atoms with Crippen molar-refractivity contribution in [3.8, 4) is 5.75 Å². The zero-order chi connectivity index (χ0) is 32.1. The number of para-hydroxylation sites is 1. The van der Waals surface area contributed by atoms with E-state index < -0.39 is 18.0 Å². The number of thiazole rings is 1. The van der Waals surface area contributed by atoms with Crippen LogP contribution in [0.25, 0.3) is 6.08 Å². The summed E-state index contributed by atoms with van der Waals surface area (Å²) in [5.41, 5.74) is 4.48. The van der Waals surface area contributed by atoms with Gasteiger partial charge in [-0.1, -0.05) is 93.1 Å². The largest absolute Gasteiger partial charge is 0.488 e. The van der Waals surface area contributed by atoms with Gasteiger partial charge in [-0.25, -0.2) is 14.6 Å². The molecule has 9 heteroatoms. The Morgan fingerprint density at radius 3 is 2.38 bits per heavy atom. The number of aromatic nitrogens is 1. The standard InChI is InChI=1S/C36H36N2O6S/c1-5-9-28-31(35(42)43-6-2)32(25-18-16-24(17-19-25)22(3)4)38-33(39)30(45-36(38)37-28)20-27-10-7-8-11-29(27)44-21-23-12-14-26(15-13-23)34(40)41/h7-8,10-20,22,32H,5-6,9,21H2,1-4H3,(H,40,41)/b30-20-/t32-/m0/s1. The Morgan fingerprint density at radius 1 is 1.02 bits per heavy atom. The van der Waals surface area contributed by atoms with E-state index in [2.05, 4.69) is 13.8 Å². The molecule has 1 aliphatic rings. The fourth-order valence-electron chi connectivity index (χ4n) is 5.28. The molecule has 0 amide bonds. The second-order valence-electron chi connectivity index (χ2n) is 11.1. The zero-order valence-corrected chi connectivity index (χ0v) is 26.6. The third-order valence-corrected chi connectivity index (χ3v) is 8.59. The molecular weight excluding hydrogens is 588 g/mol. The van der Waals surface area contributed by atoms with Crippen molar-refractivity contribution in [2.45, 2.75) is 59.1 Å². The highest BCUT2D eigenvalue weighted by atomic mass is 32.1. The number of fused-ring (bicyclic) bond motifs is 1. The maximum atomic E-state index is 14.2. The molecule has 232 valence electrons. The molecule has 0 radical (unpaired) electrons. The van der Waals surface area contributed by atoms with Crippen molar-refractivity contribution in [1.29, 1.82) is 0 Å². The fourth-order valence-corrected chi connectivity index (χ4v) is 6.29. The van der Waals surface area contributed by atoms with Gasteiger partial charge in [0.1, 0.15) is 12.4 Å². The molecule has 3 aromatic carbocycles. The quantitative estimate of drug-likeness (QED) is 0.206. The first kappa shape index (κ1) is 31.7. The smallest absolute Gasteiger partial charge is 0.338 e. The third-order valence-electron chi connectivity index (χ3n) is 7.61. The van der Waals surface area contributed by atoms with Crippen molar-refractivity contribution in [2.24, 2.45) is 4.99 Å². The van der Waals surface area contributed by atoms with Crippen LogP contribution in [0.1, 0.15) is 85.1 Å². The summed E-state index contributed by atoms with van der Waals surface area (Å²) < 4.78 is 13.7. The molecule has 0 spiro atoms. The van der Waals surface area contributed by atoms with Crippen molar-refractivity contribution in [3.63, 3.8) is 0 Å². The molecule has 1 atom stereocenters. The van der Waals surface area contributed by atoms with E-state index in [-0.39, 0.29) is 24.3 Å². The van der Waals surface area contributed by atoms with Gasteiger partial charge in [-0.2, -0.15) is 0 Å². The molecule has 0 aliphatic carbocycles. The number of carbonyl (C=O) groups excluding carboxylic acids is 1. The summed E-state index contributed by atoms with van der Waals surface area (Å²) in [7, 11) is 0. The lowest BCUT2D eigenvalue weighted by molar-refractivity contribution is -0.139. The predicted octanol–water partition coefficient (Wildman–Crippen LogP) is 5.98. The second kappa shape index (κ2) is 13.9. The topological polar surface area (TPSA) is 107 Å². The van der Waals surface area contributed by atoms with Crippen LogP contribution in [0, 0.1) is 0 Å². The molecule has 0 bridgehead atoms. The van der Waals surface area contributed by atoms with Crippen LogP contribution in [0.5, 0.6) is 5.75 Å². The SMILES string of the molecule is CCCC1=C(C(=O)OCC)[C@H](c2ccc(C(C)C)cc2)n2c(s/c(=C\c3ccccc3OCc3ccc(C(=O)O)cc3)c2=O)=N1. The van der Waals surface area contributed by atoms with Crippen molar-refractivity contribution >= 4 is 29.4 Å². The molecule has 0 unspecified atom stereocenters. The fraction of sp³-hybridized carbons (Fsp3) is 0.278. The van der Waals surface area contributed by atoms with Crippen LogP contribution in [0.2, 0.25) is 0 Å². The monoisotopic (exact) mass is 624 g/mol. The minimum absolute atomic E-state index is 0.205. The van der Waals surface area contributed by atoms with E-state index in [1.54, 1.807) is 29.7 Å². The van der Waals surface area contributed by atoms with Crippen molar-refractivity contribution < 1.29 is 24.2 Å². The molecule has 4 aromatic rings. The van der Waals surface area contributed by atoms with Crippen LogP contribution in [-0.4, -0.2) is 28.2 Å². The molecule has 0 saturated carbocycles. The number of nitrogens with zero attached hydrogens (tertiary/aromatic N) is 2. The number of carbonyl (C=O) groups is 2. The van der Waals surface area contributed by atoms with Gasteiger partial charge in [-0.3, -0.25) is 9.36 Å². The molecular formula is C36H36N2O6S. The van der Waals surface area contributed by atoms with Gasteiger partial charge in [0.25, 0.3) is 5.56 Å². The van der Waals surface area contributed by atoms with Crippen LogP contribution in [0.4, 0.5) is 0 Å². The van der Waals surface area contributed by atoms with Crippen LogP contribution >= 0.6 is 11.3 Å². The van der Waals surface area contributed by atoms with Gasteiger partial charge >= 0.3 is 11.9 Å². The minimum Gasteiger partial charge on any atom is -0.488 e. The van der Waals surface area contributed by atoms with E-state index in [1.807, 2.05) is 55.5 Å². The zero-order valence-electron chi connectivity index (χ0n) is 25.8. The predicted molar refractivity (Wildman–Crippen MR) is 174 cm³/mol. The van der Waals surface area contributed by atoms with Gasteiger partial charge < -0.3 is 14.6 Å². The molecule has 1 N–H and O–H groups in total. The number of ether oxygens (including phenoxy) is 2. The number of allylic oxidation sites excluding steroid dienone is 1. The van der Waals surface area contributed by atoms with E-state index in [9.17, 15) is 14.4 Å². The first-order valence-corrected chi connectivity index (χ1v) is 15.9. The first-order chi connectivity index (χ1) is 21.7. The summed E-state index contributed by atoms with van der Waals surface area (Å²) >= 11 is 1.28. The number of hydrogen-bond donors (Lipinski definition) is 1. The van der Waals surface area contributed by atoms with Gasteiger partial charge in [-0.05, 0) is 60.2 Å². The van der Waals surface area contributed by atoms with E-state index in [0.717, 1.165) is 23.1 Å². The lowest BCUT2D eigenvalue weighted by Gasteiger charge is -2.26. The average Bonchev–Trinajstić information content (AvgIpc) is 3.34. The number of aromatic carboxylic acids is 1. The van der Waals surface area contributed by atoms with Gasteiger partial charge in [0.2, 0.25) is 0 Å². The van der Waals surface area contributed by atoms with Crippen molar-refractivity contribution in [3.05, 3.63) is 132 Å². The Hall–Kier alpha value is -4.76. The van der Waals surface area contributed by atoms with E-state index in [1.165, 1.54) is 23.5 Å². The Bertz CT molecular complexity index is 1920. The number of carboxylic acid groups (broad SMARTS) is 1.